The zero-order valence-electron chi connectivity index (χ0n) is 14.3. The van der Waals surface area contributed by atoms with Crippen molar-refractivity contribution < 1.29 is 19.1 Å². The highest BCUT2D eigenvalue weighted by molar-refractivity contribution is 14.1. The Balaban J connectivity index is 1.79. The monoisotopic (exact) mass is 484 g/mol. The molecule has 0 bridgehead atoms. The molecule has 138 valence electrons. The van der Waals surface area contributed by atoms with Gasteiger partial charge in [-0.15, -0.1) is 0 Å². The molecule has 1 heterocycles. The molecule has 0 aliphatic carbocycles. The lowest BCUT2D eigenvalue weighted by Gasteiger charge is -2.04. The zero-order chi connectivity index (χ0) is 20.1. The number of amides is 1. The van der Waals surface area contributed by atoms with Gasteiger partial charge in [0, 0.05) is 20.9 Å². The molecule has 0 fully saturated rings. The lowest BCUT2D eigenvalue weighted by atomic mass is 10.1. The number of benzene rings is 2. The molecule has 0 unspecified atom stereocenters. The number of carbonyl (C=O) groups excluding carboxylic acids is 1. The average molecular weight is 484 g/mol. The molecule has 0 spiro atoms. The van der Waals surface area contributed by atoms with E-state index in [-0.39, 0.29) is 11.1 Å². The Hall–Kier alpha value is -3.38. The summed E-state index contributed by atoms with van der Waals surface area (Å²) in [5, 5.41) is 20.9. The van der Waals surface area contributed by atoms with Crippen molar-refractivity contribution in [1.82, 2.24) is 0 Å². The minimum absolute atomic E-state index is 0.0963. The highest BCUT2D eigenvalue weighted by Gasteiger charge is 2.12. The molecular weight excluding hydrogens is 471 g/mol. The fraction of sp³-hybridized carbons (Fsp3) is 0. The Kier molecular flexibility index (Phi) is 5.91. The lowest BCUT2D eigenvalue weighted by Crippen LogP contribution is -2.13. The van der Waals surface area contributed by atoms with Crippen LogP contribution in [-0.4, -0.2) is 17.0 Å². The van der Waals surface area contributed by atoms with E-state index in [1.165, 1.54) is 18.2 Å². The molecule has 2 aromatic carbocycles. The standard InChI is InChI=1S/C21H13IN2O4/c22-16-2-1-3-17(11-16)24-20(25)15(12-23)10-18-8-9-19(28-18)13-4-6-14(7-5-13)21(26)27/h1-11H,(H,24,25)(H,26,27)/b15-10+. The van der Waals surface area contributed by atoms with Gasteiger partial charge in [0.2, 0.25) is 0 Å². The van der Waals surface area contributed by atoms with Crippen LogP contribution in [0.5, 0.6) is 0 Å². The first-order valence-electron chi connectivity index (χ1n) is 8.08. The Morgan fingerprint density at radius 2 is 1.86 bits per heavy atom. The number of rotatable bonds is 5. The van der Waals surface area contributed by atoms with Crippen LogP contribution in [0.1, 0.15) is 16.1 Å². The van der Waals surface area contributed by atoms with Crippen molar-refractivity contribution in [1.29, 1.82) is 5.26 Å². The first kappa shape index (κ1) is 19.4. The Morgan fingerprint density at radius 3 is 2.50 bits per heavy atom. The van der Waals surface area contributed by atoms with E-state index in [0.717, 1.165) is 3.57 Å². The van der Waals surface area contributed by atoms with Crippen LogP contribution in [0.3, 0.4) is 0 Å². The number of nitrogens with zero attached hydrogens (tertiary/aromatic N) is 1. The number of hydrogen-bond acceptors (Lipinski definition) is 4. The molecular formula is C21H13IN2O4. The number of halogens is 1. The van der Waals surface area contributed by atoms with E-state index in [2.05, 4.69) is 27.9 Å². The van der Waals surface area contributed by atoms with Gasteiger partial charge in [-0.25, -0.2) is 4.79 Å². The quantitative estimate of drug-likeness (QED) is 0.308. The fourth-order valence-corrected chi connectivity index (χ4v) is 2.96. The molecule has 0 aliphatic heterocycles. The predicted molar refractivity (Wildman–Crippen MR) is 112 cm³/mol. The summed E-state index contributed by atoms with van der Waals surface area (Å²) in [5.41, 5.74) is 1.36. The van der Waals surface area contributed by atoms with Crippen LogP contribution in [-0.2, 0) is 4.79 Å². The molecule has 28 heavy (non-hydrogen) atoms. The second-order valence-electron chi connectivity index (χ2n) is 5.72. The van der Waals surface area contributed by atoms with E-state index in [9.17, 15) is 14.9 Å². The van der Waals surface area contributed by atoms with Gasteiger partial charge in [-0.3, -0.25) is 4.79 Å². The molecule has 0 saturated carbocycles. The third kappa shape index (κ3) is 4.66. The number of carboxylic acids is 1. The second kappa shape index (κ2) is 8.54. The van der Waals surface area contributed by atoms with Crippen LogP contribution in [0.25, 0.3) is 17.4 Å². The average Bonchev–Trinajstić information content (AvgIpc) is 3.14. The molecule has 6 nitrogen and oxygen atoms in total. The van der Waals surface area contributed by atoms with E-state index in [1.54, 1.807) is 36.4 Å². The molecule has 1 amide bonds. The number of furan rings is 1. The van der Waals surface area contributed by atoms with Gasteiger partial charge in [0.05, 0.1) is 5.56 Å². The summed E-state index contributed by atoms with van der Waals surface area (Å²) in [6.07, 6.45) is 1.36. The summed E-state index contributed by atoms with van der Waals surface area (Å²) in [6, 6.07) is 18.6. The molecule has 1 aromatic heterocycles. The number of hydrogen-bond donors (Lipinski definition) is 2. The van der Waals surface area contributed by atoms with Gasteiger partial charge >= 0.3 is 5.97 Å². The zero-order valence-corrected chi connectivity index (χ0v) is 16.5. The Labute approximate surface area is 174 Å². The molecule has 3 rings (SSSR count). The summed E-state index contributed by atoms with van der Waals surface area (Å²) in [5.74, 6) is -0.703. The number of nitriles is 1. The first-order chi connectivity index (χ1) is 13.5. The summed E-state index contributed by atoms with van der Waals surface area (Å²) in [6.45, 7) is 0. The van der Waals surface area contributed by atoms with E-state index < -0.39 is 11.9 Å². The third-order valence-electron chi connectivity index (χ3n) is 3.78. The van der Waals surface area contributed by atoms with Crippen molar-refractivity contribution in [3.05, 3.63) is 81.1 Å². The minimum Gasteiger partial charge on any atom is -0.478 e. The third-order valence-corrected chi connectivity index (χ3v) is 4.45. The van der Waals surface area contributed by atoms with Crippen LogP contribution < -0.4 is 5.32 Å². The van der Waals surface area contributed by atoms with Crippen molar-refractivity contribution in [3.8, 4) is 17.4 Å². The highest BCUT2D eigenvalue weighted by Crippen LogP contribution is 2.24. The largest absolute Gasteiger partial charge is 0.478 e. The predicted octanol–water partition coefficient (Wildman–Crippen LogP) is 4.80. The van der Waals surface area contributed by atoms with Crippen LogP contribution in [0.15, 0.2) is 70.7 Å². The normalized spacial score (nSPS) is 10.9. The van der Waals surface area contributed by atoms with E-state index in [4.69, 9.17) is 9.52 Å². The van der Waals surface area contributed by atoms with Gasteiger partial charge in [0.1, 0.15) is 23.2 Å². The maximum Gasteiger partial charge on any atom is 0.335 e. The van der Waals surface area contributed by atoms with Gasteiger partial charge in [0.15, 0.2) is 0 Å². The van der Waals surface area contributed by atoms with Crippen LogP contribution in [0.4, 0.5) is 5.69 Å². The maximum atomic E-state index is 12.3. The van der Waals surface area contributed by atoms with Crippen molar-refractivity contribution in [3.63, 3.8) is 0 Å². The van der Waals surface area contributed by atoms with Crippen LogP contribution in [0.2, 0.25) is 0 Å². The topological polar surface area (TPSA) is 103 Å². The molecule has 0 radical (unpaired) electrons. The second-order valence-corrected chi connectivity index (χ2v) is 6.96. The molecule has 0 aliphatic rings. The van der Waals surface area contributed by atoms with Crippen molar-refractivity contribution >= 4 is 46.2 Å². The van der Waals surface area contributed by atoms with Crippen molar-refractivity contribution in [2.75, 3.05) is 5.32 Å². The minimum atomic E-state index is -1.01. The van der Waals surface area contributed by atoms with Gasteiger partial charge in [0.25, 0.3) is 5.91 Å². The smallest absolute Gasteiger partial charge is 0.335 e. The number of anilines is 1. The molecule has 2 N–H and O–H groups in total. The summed E-state index contributed by atoms with van der Waals surface area (Å²) in [4.78, 5) is 23.3. The van der Waals surface area contributed by atoms with Crippen LogP contribution >= 0.6 is 22.6 Å². The van der Waals surface area contributed by atoms with E-state index in [1.807, 2.05) is 18.2 Å². The van der Waals surface area contributed by atoms with Crippen LogP contribution in [0, 0.1) is 14.9 Å². The highest BCUT2D eigenvalue weighted by atomic mass is 127. The summed E-state index contributed by atoms with van der Waals surface area (Å²) >= 11 is 2.13. The van der Waals surface area contributed by atoms with Gasteiger partial charge in [-0.05, 0) is 65.1 Å². The van der Waals surface area contributed by atoms with Crippen molar-refractivity contribution in [2.24, 2.45) is 0 Å². The van der Waals surface area contributed by atoms with E-state index >= 15 is 0 Å². The SMILES string of the molecule is N#C/C(=C\c1ccc(-c2ccc(C(=O)O)cc2)o1)C(=O)Nc1cccc(I)c1. The molecule has 7 heteroatoms. The molecule has 0 atom stereocenters. The fourth-order valence-electron chi connectivity index (χ4n) is 2.42. The molecule has 0 saturated heterocycles. The van der Waals surface area contributed by atoms with Gasteiger partial charge in [-0.1, -0.05) is 18.2 Å². The molecule has 3 aromatic rings. The van der Waals surface area contributed by atoms with Gasteiger partial charge in [-0.2, -0.15) is 5.26 Å². The number of aromatic carboxylic acids is 1. The van der Waals surface area contributed by atoms with Crippen molar-refractivity contribution in [2.45, 2.75) is 0 Å². The summed E-state index contributed by atoms with van der Waals surface area (Å²) in [7, 11) is 0. The maximum absolute atomic E-state index is 12.3. The summed E-state index contributed by atoms with van der Waals surface area (Å²) < 4.78 is 6.63. The van der Waals surface area contributed by atoms with Gasteiger partial charge < -0.3 is 14.8 Å². The Morgan fingerprint density at radius 1 is 1.11 bits per heavy atom. The Bertz CT molecular complexity index is 1110. The number of carbonyl (C=O) groups is 2. The van der Waals surface area contributed by atoms with E-state index in [0.29, 0.717) is 22.8 Å². The number of carboxylic acid groups (broad SMARTS) is 1. The lowest BCUT2D eigenvalue weighted by molar-refractivity contribution is -0.112. The number of nitrogens with one attached hydrogen (secondary N) is 1. The first-order valence-corrected chi connectivity index (χ1v) is 9.16.